The van der Waals surface area contributed by atoms with Crippen molar-refractivity contribution in [3.8, 4) is 0 Å². The quantitative estimate of drug-likeness (QED) is 0.138. The molecular weight excluding hydrogens is 667 g/mol. The van der Waals surface area contributed by atoms with E-state index in [4.69, 9.17) is 0 Å². The highest BCUT2D eigenvalue weighted by Crippen LogP contribution is 2.67. The van der Waals surface area contributed by atoms with Gasteiger partial charge in [-0.25, -0.2) is 4.39 Å². The predicted octanol–water partition coefficient (Wildman–Crippen LogP) is 7.85. The van der Waals surface area contributed by atoms with E-state index in [0.717, 1.165) is 0 Å². The van der Waals surface area contributed by atoms with Gasteiger partial charge in [-0.1, -0.05) is 0 Å². The third-order valence-electron chi connectivity index (χ3n) is 4.97. The molecule has 0 aromatic carbocycles. The summed E-state index contributed by atoms with van der Waals surface area (Å²) in [5, 5.41) is -7.55. The maximum atomic E-state index is 15.4. The lowest BCUT2D eigenvalue weighted by Gasteiger charge is -2.48. The standard InChI is InChI=1S/C16H15F21O3Si/c1-4-38-41(39-5-2,40-6-3)14(31,16(35,36)37)12(27,28)10(23,24)8(19,20)7(17,18)9(21,22)11(25,26)13(29,30)15(32,33)34/h4-6H2,1-3H3. The lowest BCUT2D eigenvalue weighted by atomic mass is 9.87. The molecule has 0 N–H and O–H groups in total. The number of hydrogen-bond acceptors (Lipinski definition) is 3. The van der Waals surface area contributed by atoms with Gasteiger partial charge in [0.25, 0.3) is 0 Å². The molecule has 0 amide bonds. The molecule has 0 radical (unpaired) electrons. The molecule has 0 aromatic rings. The van der Waals surface area contributed by atoms with Gasteiger partial charge in [0.1, 0.15) is 0 Å². The molecule has 0 aliphatic rings. The third kappa shape index (κ3) is 5.12. The molecule has 0 heterocycles. The van der Waals surface area contributed by atoms with Crippen LogP contribution in [0.4, 0.5) is 92.2 Å². The van der Waals surface area contributed by atoms with Gasteiger partial charge >= 0.3 is 67.9 Å². The van der Waals surface area contributed by atoms with Crippen molar-refractivity contribution < 1.29 is 105 Å². The second-order valence-electron chi connectivity index (χ2n) is 7.53. The van der Waals surface area contributed by atoms with Crippen LogP contribution in [0.5, 0.6) is 0 Å². The number of halogens is 21. The zero-order valence-electron chi connectivity index (χ0n) is 19.8. The molecule has 0 aliphatic carbocycles. The molecular formula is C16H15F21O3Si. The van der Waals surface area contributed by atoms with E-state index in [9.17, 15) is 87.8 Å². The topological polar surface area (TPSA) is 27.7 Å². The summed E-state index contributed by atoms with van der Waals surface area (Å²) in [5.41, 5.74) is 0. The molecule has 0 spiro atoms. The summed E-state index contributed by atoms with van der Waals surface area (Å²) in [6.45, 7) is -2.96. The fraction of sp³-hybridized carbons (Fsp3) is 1.00. The van der Waals surface area contributed by atoms with E-state index in [1.165, 1.54) is 0 Å². The van der Waals surface area contributed by atoms with Crippen LogP contribution in [0.2, 0.25) is 0 Å². The van der Waals surface area contributed by atoms with Crippen LogP contribution in [-0.4, -0.2) is 87.7 Å². The Morgan fingerprint density at radius 1 is 0.341 bits per heavy atom. The van der Waals surface area contributed by atoms with E-state index >= 15 is 4.39 Å². The Bertz CT molecular complexity index is 881. The van der Waals surface area contributed by atoms with Crippen molar-refractivity contribution in [1.29, 1.82) is 0 Å². The van der Waals surface area contributed by atoms with E-state index in [1.54, 1.807) is 0 Å². The minimum absolute atomic E-state index is 0.499. The van der Waals surface area contributed by atoms with Crippen LogP contribution in [0.3, 0.4) is 0 Å². The lowest BCUT2D eigenvalue weighted by Crippen LogP contribution is -2.83. The lowest BCUT2D eigenvalue weighted by molar-refractivity contribution is -0.469. The van der Waals surface area contributed by atoms with Crippen LogP contribution in [0.1, 0.15) is 20.8 Å². The van der Waals surface area contributed by atoms with Crippen molar-refractivity contribution in [2.75, 3.05) is 19.8 Å². The van der Waals surface area contributed by atoms with Crippen LogP contribution < -0.4 is 0 Å². The average Bonchev–Trinajstić information content (AvgIpc) is 2.76. The molecule has 0 fully saturated rings. The van der Waals surface area contributed by atoms with Crippen molar-refractivity contribution in [1.82, 2.24) is 0 Å². The van der Waals surface area contributed by atoms with E-state index < -0.39 is 87.7 Å². The molecule has 0 rings (SSSR count). The van der Waals surface area contributed by atoms with Crippen molar-refractivity contribution in [2.45, 2.75) is 79.9 Å². The first-order valence-electron chi connectivity index (χ1n) is 10.1. The fourth-order valence-corrected chi connectivity index (χ4v) is 5.79. The van der Waals surface area contributed by atoms with Crippen molar-refractivity contribution in [2.24, 2.45) is 0 Å². The summed E-state index contributed by atoms with van der Waals surface area (Å²) < 4.78 is 298. The maximum absolute atomic E-state index is 15.4. The Labute approximate surface area is 215 Å². The van der Waals surface area contributed by atoms with Gasteiger partial charge in [-0.15, -0.1) is 0 Å². The Morgan fingerprint density at radius 3 is 0.756 bits per heavy atom. The number of hydrogen-bond donors (Lipinski definition) is 0. The van der Waals surface area contributed by atoms with Crippen molar-refractivity contribution in [3.63, 3.8) is 0 Å². The van der Waals surface area contributed by atoms with E-state index in [-0.39, 0.29) is 0 Å². The summed E-state index contributed by atoms with van der Waals surface area (Å²) in [6.07, 6.45) is -15.8. The zero-order valence-corrected chi connectivity index (χ0v) is 20.8. The third-order valence-corrected chi connectivity index (χ3v) is 8.42. The normalized spacial score (nSPS) is 17.6. The second kappa shape index (κ2) is 11.0. The molecule has 248 valence electrons. The zero-order chi connectivity index (χ0) is 33.7. The predicted molar refractivity (Wildman–Crippen MR) is 91.2 cm³/mol. The Kier molecular flexibility index (Phi) is 10.6. The summed E-state index contributed by atoms with van der Waals surface area (Å²) >= 11 is 0. The summed E-state index contributed by atoms with van der Waals surface area (Å²) in [5.74, 6) is -62.5. The Morgan fingerprint density at radius 2 is 0.561 bits per heavy atom. The smallest absolute Gasteiger partial charge is 0.372 e. The van der Waals surface area contributed by atoms with Gasteiger partial charge in [0.05, 0.1) is 0 Å². The first-order chi connectivity index (χ1) is 17.7. The van der Waals surface area contributed by atoms with Gasteiger partial charge < -0.3 is 13.3 Å². The molecule has 0 bridgehead atoms. The molecule has 25 heteroatoms. The van der Waals surface area contributed by atoms with Gasteiger partial charge in [0.15, 0.2) is 0 Å². The van der Waals surface area contributed by atoms with E-state index in [0.29, 0.717) is 20.8 Å². The minimum Gasteiger partial charge on any atom is -0.372 e. The summed E-state index contributed by atoms with van der Waals surface area (Å²) in [6, 6.07) is 0. The highest BCUT2D eigenvalue weighted by Gasteiger charge is 3.00. The molecule has 41 heavy (non-hydrogen) atoms. The van der Waals surface area contributed by atoms with Gasteiger partial charge in [-0.3, -0.25) is 0 Å². The first kappa shape index (κ1) is 39.6. The van der Waals surface area contributed by atoms with Gasteiger partial charge in [-0.05, 0) is 20.8 Å². The van der Waals surface area contributed by atoms with Crippen molar-refractivity contribution in [3.05, 3.63) is 0 Å². The van der Waals surface area contributed by atoms with Gasteiger partial charge in [0, 0.05) is 19.8 Å². The molecule has 0 saturated carbocycles. The summed E-state index contributed by atoms with van der Waals surface area (Å²) in [7, 11) is -7.41. The minimum atomic E-state index is -9.22. The highest BCUT2D eigenvalue weighted by molar-refractivity contribution is 6.64. The monoisotopic (exact) mass is 682 g/mol. The molecule has 3 nitrogen and oxygen atoms in total. The SMILES string of the molecule is CCO[Si](OCC)(OCC)C(F)(C(F)(F)F)C(F)(F)C(F)(F)C(F)(F)C(F)(F)C(F)(F)C(F)(F)C(F)(F)C(F)(F)F. The Hall–Kier alpha value is -1.37. The molecule has 0 saturated heterocycles. The highest BCUT2D eigenvalue weighted by atomic mass is 28.4. The van der Waals surface area contributed by atoms with Crippen LogP contribution in [0, 0.1) is 0 Å². The molecule has 1 unspecified atom stereocenters. The molecule has 0 aliphatic heterocycles. The van der Waals surface area contributed by atoms with Crippen LogP contribution >= 0.6 is 0 Å². The fourth-order valence-electron chi connectivity index (χ4n) is 2.92. The van der Waals surface area contributed by atoms with Gasteiger partial charge in [0.2, 0.25) is 0 Å². The maximum Gasteiger partial charge on any atom is 0.557 e. The second-order valence-corrected chi connectivity index (χ2v) is 10.2. The molecule has 0 aromatic heterocycles. The van der Waals surface area contributed by atoms with Crippen LogP contribution in [0.15, 0.2) is 0 Å². The first-order valence-corrected chi connectivity index (χ1v) is 11.8. The average molecular weight is 682 g/mol. The van der Waals surface area contributed by atoms with E-state index in [1.807, 2.05) is 0 Å². The number of rotatable bonds is 14. The van der Waals surface area contributed by atoms with Crippen LogP contribution in [-0.2, 0) is 13.3 Å². The van der Waals surface area contributed by atoms with Crippen LogP contribution in [0.25, 0.3) is 0 Å². The Balaban J connectivity index is 7.74. The largest absolute Gasteiger partial charge is 0.557 e. The van der Waals surface area contributed by atoms with Crippen molar-refractivity contribution >= 4 is 8.80 Å². The summed E-state index contributed by atoms with van der Waals surface area (Å²) in [4.78, 5) is 0. The van der Waals surface area contributed by atoms with E-state index in [2.05, 4.69) is 13.3 Å². The number of alkyl halides is 21. The van der Waals surface area contributed by atoms with Gasteiger partial charge in [-0.2, -0.15) is 87.8 Å². The molecule has 1 atom stereocenters.